The van der Waals surface area contributed by atoms with E-state index in [1.54, 1.807) is 13.8 Å². The maximum absolute atomic E-state index is 12.5. The van der Waals surface area contributed by atoms with E-state index in [2.05, 4.69) is 5.32 Å². The molecule has 1 amide bonds. The summed E-state index contributed by atoms with van der Waals surface area (Å²) in [5.41, 5.74) is 0.218. The Bertz CT molecular complexity index is 941. The maximum Gasteiger partial charge on any atom is 0.422 e. The van der Waals surface area contributed by atoms with Gasteiger partial charge in [0.15, 0.2) is 6.61 Å². The molecule has 0 aliphatic heterocycles. The van der Waals surface area contributed by atoms with E-state index < -0.39 is 28.7 Å². The molecule has 0 unspecified atom stereocenters. The normalized spacial score (nSPS) is 12.1. The van der Waals surface area contributed by atoms with Crippen molar-refractivity contribution in [3.8, 4) is 5.75 Å². The fraction of sp³-hybridized carbons (Fsp3) is 0.316. The highest BCUT2D eigenvalue weighted by Crippen LogP contribution is 2.27. The van der Waals surface area contributed by atoms with Crippen molar-refractivity contribution in [3.63, 3.8) is 0 Å². The number of nitrogens with zero attached hydrogens (tertiary/aromatic N) is 1. The Morgan fingerprint density at radius 1 is 1.03 bits per heavy atom. The molecule has 0 saturated carbocycles. The molecule has 158 valence electrons. The van der Waals surface area contributed by atoms with E-state index in [4.69, 9.17) is 4.74 Å². The van der Waals surface area contributed by atoms with E-state index in [0.29, 0.717) is 13.1 Å². The van der Waals surface area contributed by atoms with Crippen molar-refractivity contribution in [1.82, 2.24) is 4.31 Å². The van der Waals surface area contributed by atoms with Gasteiger partial charge in [0.05, 0.1) is 10.6 Å². The third-order valence-electron chi connectivity index (χ3n) is 3.99. The Morgan fingerprint density at radius 2 is 1.62 bits per heavy atom. The van der Waals surface area contributed by atoms with Crippen molar-refractivity contribution < 1.29 is 31.1 Å². The number of hydrogen-bond acceptors (Lipinski definition) is 4. The number of amides is 1. The predicted molar refractivity (Wildman–Crippen MR) is 102 cm³/mol. The van der Waals surface area contributed by atoms with Crippen LogP contribution in [0.5, 0.6) is 5.75 Å². The molecular weight excluding hydrogens is 409 g/mol. The summed E-state index contributed by atoms with van der Waals surface area (Å²) in [5, 5.41) is 2.48. The van der Waals surface area contributed by atoms with Gasteiger partial charge in [-0.15, -0.1) is 0 Å². The number of alkyl halides is 3. The first-order valence-electron chi connectivity index (χ1n) is 8.78. The summed E-state index contributed by atoms with van der Waals surface area (Å²) in [6.07, 6.45) is -4.51. The zero-order chi connectivity index (χ0) is 21.7. The first kappa shape index (κ1) is 22.7. The minimum atomic E-state index is -4.51. The molecule has 0 heterocycles. The first-order chi connectivity index (χ1) is 13.6. The van der Waals surface area contributed by atoms with Crippen LogP contribution in [0, 0.1) is 0 Å². The Labute approximate surface area is 167 Å². The summed E-state index contributed by atoms with van der Waals surface area (Å²) in [5.74, 6) is -0.737. The molecule has 0 radical (unpaired) electrons. The van der Waals surface area contributed by atoms with Gasteiger partial charge in [-0.25, -0.2) is 8.42 Å². The van der Waals surface area contributed by atoms with Gasteiger partial charge in [0.1, 0.15) is 5.75 Å². The number of ether oxygens (including phenoxy) is 1. The molecule has 2 aromatic rings. The maximum atomic E-state index is 12.5. The molecule has 29 heavy (non-hydrogen) atoms. The van der Waals surface area contributed by atoms with E-state index in [1.165, 1.54) is 52.8 Å². The molecule has 0 aliphatic rings. The minimum Gasteiger partial charge on any atom is -0.482 e. The molecule has 0 saturated heterocycles. The number of anilines is 1. The molecule has 0 fully saturated rings. The third kappa shape index (κ3) is 5.94. The minimum absolute atomic E-state index is 0.0478. The second kappa shape index (κ2) is 9.27. The second-order valence-electron chi connectivity index (χ2n) is 5.97. The SMILES string of the molecule is CCN(CC)S(=O)(=O)c1ccc(C(=O)Nc2ccccc2OCC(F)(F)F)cc1. The van der Waals surface area contributed by atoms with Crippen LogP contribution in [-0.2, 0) is 10.0 Å². The lowest BCUT2D eigenvalue weighted by atomic mass is 10.2. The van der Waals surface area contributed by atoms with Gasteiger partial charge in [0.25, 0.3) is 5.91 Å². The van der Waals surface area contributed by atoms with Crippen molar-refractivity contribution in [2.75, 3.05) is 25.0 Å². The monoisotopic (exact) mass is 430 g/mol. The Kier molecular flexibility index (Phi) is 7.26. The molecule has 0 aromatic heterocycles. The van der Waals surface area contributed by atoms with E-state index in [-0.39, 0.29) is 21.9 Å². The van der Waals surface area contributed by atoms with E-state index >= 15 is 0 Å². The van der Waals surface area contributed by atoms with Gasteiger partial charge in [-0.3, -0.25) is 4.79 Å². The molecule has 10 heteroatoms. The first-order valence-corrected chi connectivity index (χ1v) is 10.2. The number of para-hydroxylation sites is 2. The van der Waals surface area contributed by atoms with Crippen LogP contribution in [0.25, 0.3) is 0 Å². The Morgan fingerprint density at radius 3 is 2.17 bits per heavy atom. The summed E-state index contributed by atoms with van der Waals surface area (Å²) in [6, 6.07) is 11.0. The fourth-order valence-corrected chi connectivity index (χ4v) is 4.00. The van der Waals surface area contributed by atoms with Gasteiger partial charge in [-0.05, 0) is 36.4 Å². The van der Waals surface area contributed by atoms with Crippen LogP contribution in [0.3, 0.4) is 0 Å². The van der Waals surface area contributed by atoms with Crippen molar-refractivity contribution in [3.05, 3.63) is 54.1 Å². The second-order valence-corrected chi connectivity index (χ2v) is 7.91. The number of halogens is 3. The Hall–Kier alpha value is -2.59. The number of hydrogen-bond donors (Lipinski definition) is 1. The lowest BCUT2D eigenvalue weighted by molar-refractivity contribution is -0.153. The fourth-order valence-electron chi connectivity index (χ4n) is 2.54. The number of sulfonamides is 1. The molecule has 0 aliphatic carbocycles. The molecule has 1 N–H and O–H groups in total. The van der Waals surface area contributed by atoms with Gasteiger partial charge in [0.2, 0.25) is 10.0 Å². The highest BCUT2D eigenvalue weighted by molar-refractivity contribution is 7.89. The lowest BCUT2D eigenvalue weighted by Gasteiger charge is -2.18. The zero-order valence-electron chi connectivity index (χ0n) is 15.9. The zero-order valence-corrected chi connectivity index (χ0v) is 16.7. The summed E-state index contributed by atoms with van der Waals surface area (Å²) in [4.78, 5) is 12.5. The quantitative estimate of drug-likeness (QED) is 0.689. The van der Waals surface area contributed by atoms with Gasteiger partial charge < -0.3 is 10.1 Å². The summed E-state index contributed by atoms with van der Waals surface area (Å²) in [7, 11) is -3.66. The molecule has 2 aromatic carbocycles. The van der Waals surface area contributed by atoms with E-state index in [0.717, 1.165) is 0 Å². The van der Waals surface area contributed by atoms with E-state index in [9.17, 15) is 26.4 Å². The van der Waals surface area contributed by atoms with Crippen LogP contribution in [0.15, 0.2) is 53.4 Å². The summed E-state index contributed by atoms with van der Waals surface area (Å²) >= 11 is 0. The van der Waals surface area contributed by atoms with Crippen molar-refractivity contribution in [2.24, 2.45) is 0 Å². The number of carbonyl (C=O) groups is 1. The predicted octanol–water partition coefficient (Wildman–Crippen LogP) is 3.91. The highest BCUT2D eigenvalue weighted by atomic mass is 32.2. The molecule has 6 nitrogen and oxygen atoms in total. The summed E-state index contributed by atoms with van der Waals surface area (Å²) < 4.78 is 68.1. The number of rotatable bonds is 8. The van der Waals surface area contributed by atoms with Crippen LogP contribution >= 0.6 is 0 Å². The van der Waals surface area contributed by atoms with Crippen molar-refractivity contribution in [1.29, 1.82) is 0 Å². The van der Waals surface area contributed by atoms with Crippen LogP contribution in [0.2, 0.25) is 0 Å². The molecular formula is C19H21F3N2O4S. The van der Waals surface area contributed by atoms with E-state index in [1.807, 2.05) is 0 Å². The number of carbonyl (C=O) groups excluding carboxylic acids is 1. The summed E-state index contributed by atoms with van der Waals surface area (Å²) in [6.45, 7) is 2.59. The highest BCUT2D eigenvalue weighted by Gasteiger charge is 2.29. The largest absolute Gasteiger partial charge is 0.482 e. The van der Waals surface area contributed by atoms with Crippen molar-refractivity contribution in [2.45, 2.75) is 24.9 Å². The standard InChI is InChI=1S/C19H21F3N2O4S/c1-3-24(4-2)29(26,27)15-11-9-14(10-12-15)18(25)23-16-7-5-6-8-17(16)28-13-19(20,21)22/h5-12H,3-4,13H2,1-2H3,(H,23,25). The Balaban J connectivity index is 2.17. The van der Waals surface area contributed by atoms with Crippen LogP contribution in [0.1, 0.15) is 24.2 Å². The van der Waals surface area contributed by atoms with Gasteiger partial charge in [-0.2, -0.15) is 17.5 Å². The van der Waals surface area contributed by atoms with Crippen LogP contribution in [0.4, 0.5) is 18.9 Å². The van der Waals surface area contributed by atoms with Gasteiger partial charge in [0, 0.05) is 18.7 Å². The van der Waals surface area contributed by atoms with Gasteiger partial charge in [-0.1, -0.05) is 26.0 Å². The average Bonchev–Trinajstić information content (AvgIpc) is 2.67. The van der Waals surface area contributed by atoms with Crippen LogP contribution < -0.4 is 10.1 Å². The number of nitrogens with one attached hydrogen (secondary N) is 1. The molecule has 0 bridgehead atoms. The third-order valence-corrected chi connectivity index (χ3v) is 6.05. The lowest BCUT2D eigenvalue weighted by Crippen LogP contribution is -2.30. The van der Waals surface area contributed by atoms with Gasteiger partial charge >= 0.3 is 6.18 Å². The van der Waals surface area contributed by atoms with Crippen LogP contribution in [-0.4, -0.2) is 44.5 Å². The van der Waals surface area contributed by atoms with Crippen molar-refractivity contribution >= 4 is 21.6 Å². The molecule has 0 atom stereocenters. The topological polar surface area (TPSA) is 75.7 Å². The molecule has 0 spiro atoms. The molecule has 2 rings (SSSR count). The smallest absolute Gasteiger partial charge is 0.422 e. The average molecular weight is 430 g/mol. The number of benzene rings is 2.